The third-order valence-electron chi connectivity index (χ3n) is 2.04. The molecule has 0 saturated heterocycles. The maximum absolute atomic E-state index is 11.7. The number of aromatic nitrogens is 2. The lowest BCUT2D eigenvalue weighted by molar-refractivity contribution is 0.357. The number of rotatable bonds is 0. The van der Waals surface area contributed by atoms with Gasteiger partial charge in [0.15, 0.2) is 0 Å². The first-order valence-corrected chi connectivity index (χ1v) is 4.52. The summed E-state index contributed by atoms with van der Waals surface area (Å²) in [5.41, 5.74) is -1.59. The molecule has 1 aromatic heterocycles. The molecule has 0 fully saturated rings. The Bertz CT molecular complexity index is 538. The van der Waals surface area contributed by atoms with E-state index in [0.717, 1.165) is 4.57 Å². The smallest absolute Gasteiger partial charge is 0.302 e. The summed E-state index contributed by atoms with van der Waals surface area (Å²) in [7, 11) is 1.52. The van der Waals surface area contributed by atoms with Gasteiger partial charge in [-0.2, -0.15) is 5.26 Å². The molecule has 0 aliphatic carbocycles. The molecule has 1 aromatic rings. The summed E-state index contributed by atoms with van der Waals surface area (Å²) in [6.07, 6.45) is 1.26. The van der Waals surface area contributed by atoms with Crippen molar-refractivity contribution in [3.05, 3.63) is 32.6 Å². The van der Waals surface area contributed by atoms with Crippen molar-refractivity contribution in [2.45, 2.75) is 26.3 Å². The fourth-order valence-electron chi connectivity index (χ4n) is 1.34. The number of hydrogen-bond donors (Lipinski definition) is 0. The summed E-state index contributed by atoms with van der Waals surface area (Å²) < 4.78 is 2.33. The van der Waals surface area contributed by atoms with Gasteiger partial charge in [-0.25, -0.2) is 4.79 Å². The van der Waals surface area contributed by atoms with Gasteiger partial charge in [0.25, 0.3) is 5.56 Å². The average molecular weight is 207 g/mol. The second-order valence-electron chi connectivity index (χ2n) is 4.36. The van der Waals surface area contributed by atoms with Crippen molar-refractivity contribution in [3.8, 4) is 6.07 Å². The van der Waals surface area contributed by atoms with E-state index in [1.54, 1.807) is 26.8 Å². The van der Waals surface area contributed by atoms with Crippen LogP contribution in [-0.4, -0.2) is 9.13 Å². The first-order valence-electron chi connectivity index (χ1n) is 4.52. The molecule has 0 atom stereocenters. The van der Waals surface area contributed by atoms with Gasteiger partial charge in [-0.3, -0.25) is 9.36 Å². The van der Waals surface area contributed by atoms with E-state index in [0.29, 0.717) is 0 Å². The van der Waals surface area contributed by atoms with Crippen LogP contribution in [0.1, 0.15) is 26.3 Å². The van der Waals surface area contributed by atoms with Crippen LogP contribution < -0.4 is 11.2 Å². The standard InChI is InChI=1S/C10H13N3O2/c1-10(2,3)13-8(14)7(5-11)6-12(4)9(13)15/h6H,1-4H3. The number of hydrogen-bond acceptors (Lipinski definition) is 3. The predicted molar refractivity (Wildman–Crippen MR) is 55.7 cm³/mol. The molecule has 0 spiro atoms. The fourth-order valence-corrected chi connectivity index (χ4v) is 1.34. The summed E-state index contributed by atoms with van der Waals surface area (Å²) in [6.45, 7) is 5.24. The number of nitriles is 1. The highest BCUT2D eigenvalue weighted by atomic mass is 16.2. The predicted octanol–water partition coefficient (Wildman–Crippen LogP) is 0.174. The van der Waals surface area contributed by atoms with Crippen molar-refractivity contribution in [2.75, 3.05) is 0 Å². The van der Waals surface area contributed by atoms with E-state index in [9.17, 15) is 9.59 Å². The molecule has 1 heterocycles. The summed E-state index contributed by atoms with van der Waals surface area (Å²) >= 11 is 0. The maximum atomic E-state index is 11.7. The van der Waals surface area contributed by atoms with E-state index < -0.39 is 16.8 Å². The van der Waals surface area contributed by atoms with Crippen LogP contribution in [0.5, 0.6) is 0 Å². The molecule has 0 amide bonds. The molecule has 1 rings (SSSR count). The highest BCUT2D eigenvalue weighted by Gasteiger charge is 2.20. The zero-order valence-corrected chi connectivity index (χ0v) is 9.24. The van der Waals surface area contributed by atoms with Crippen LogP contribution in [0.2, 0.25) is 0 Å². The Kier molecular flexibility index (Phi) is 2.54. The van der Waals surface area contributed by atoms with Crippen LogP contribution in [-0.2, 0) is 12.6 Å². The third kappa shape index (κ3) is 1.84. The van der Waals surface area contributed by atoms with Crippen LogP contribution in [0.15, 0.2) is 15.8 Å². The van der Waals surface area contributed by atoms with Crippen LogP contribution in [0.4, 0.5) is 0 Å². The Hall–Kier alpha value is -1.83. The van der Waals surface area contributed by atoms with Gasteiger partial charge in [0.05, 0.1) is 0 Å². The largest absolute Gasteiger partial charge is 0.331 e. The normalized spacial score (nSPS) is 11.1. The Morgan fingerprint density at radius 1 is 1.33 bits per heavy atom. The lowest BCUT2D eigenvalue weighted by atomic mass is 10.1. The van der Waals surface area contributed by atoms with Crippen molar-refractivity contribution < 1.29 is 0 Å². The molecule has 5 heteroatoms. The maximum Gasteiger partial charge on any atom is 0.331 e. The van der Waals surface area contributed by atoms with E-state index in [2.05, 4.69) is 0 Å². The summed E-state index contributed by atoms with van der Waals surface area (Å²) in [5, 5.41) is 8.75. The first-order chi connectivity index (χ1) is 6.79. The molecule has 0 aliphatic heterocycles. The minimum Gasteiger partial charge on any atom is -0.302 e. The molecule has 80 valence electrons. The van der Waals surface area contributed by atoms with Crippen molar-refractivity contribution in [2.24, 2.45) is 7.05 Å². The highest BCUT2D eigenvalue weighted by molar-refractivity contribution is 5.22. The van der Waals surface area contributed by atoms with Crippen molar-refractivity contribution in [1.29, 1.82) is 5.26 Å². The van der Waals surface area contributed by atoms with Gasteiger partial charge in [0.1, 0.15) is 11.6 Å². The molecule has 0 aromatic carbocycles. The molecule has 0 unspecified atom stereocenters. The van der Waals surface area contributed by atoms with Gasteiger partial charge in [0, 0.05) is 18.8 Å². The van der Waals surface area contributed by atoms with Crippen LogP contribution in [0.3, 0.4) is 0 Å². The van der Waals surface area contributed by atoms with E-state index in [-0.39, 0.29) is 5.56 Å². The topological polar surface area (TPSA) is 67.8 Å². The molecule has 0 bridgehead atoms. The van der Waals surface area contributed by atoms with Gasteiger partial charge in [-0.1, -0.05) is 0 Å². The fraction of sp³-hybridized carbons (Fsp3) is 0.500. The van der Waals surface area contributed by atoms with Gasteiger partial charge in [0.2, 0.25) is 0 Å². The van der Waals surface area contributed by atoms with Crippen LogP contribution in [0, 0.1) is 11.3 Å². The van der Waals surface area contributed by atoms with Crippen molar-refractivity contribution in [1.82, 2.24) is 9.13 Å². The molecule has 5 nitrogen and oxygen atoms in total. The van der Waals surface area contributed by atoms with Gasteiger partial charge >= 0.3 is 5.69 Å². The van der Waals surface area contributed by atoms with Crippen LogP contribution in [0.25, 0.3) is 0 Å². The van der Waals surface area contributed by atoms with E-state index >= 15 is 0 Å². The third-order valence-corrected chi connectivity index (χ3v) is 2.04. The Balaban J connectivity index is 3.82. The Labute approximate surface area is 87.2 Å². The number of nitrogens with zero attached hydrogens (tertiary/aromatic N) is 3. The number of aryl methyl sites for hydroxylation is 1. The molecule has 15 heavy (non-hydrogen) atoms. The average Bonchev–Trinajstić information content (AvgIpc) is 2.09. The lowest BCUT2D eigenvalue weighted by Crippen LogP contribution is -2.47. The second kappa shape index (κ2) is 3.39. The van der Waals surface area contributed by atoms with Gasteiger partial charge in [-0.15, -0.1) is 0 Å². The zero-order chi connectivity index (χ0) is 11.8. The van der Waals surface area contributed by atoms with Gasteiger partial charge in [-0.05, 0) is 20.8 Å². The second-order valence-corrected chi connectivity index (χ2v) is 4.36. The minimum absolute atomic E-state index is 0.0213. The van der Waals surface area contributed by atoms with Crippen molar-refractivity contribution >= 4 is 0 Å². The molecular weight excluding hydrogens is 194 g/mol. The Morgan fingerprint density at radius 3 is 2.27 bits per heavy atom. The monoisotopic (exact) mass is 207 g/mol. The van der Waals surface area contributed by atoms with Crippen LogP contribution >= 0.6 is 0 Å². The quantitative estimate of drug-likeness (QED) is 0.609. The molecule has 0 N–H and O–H groups in total. The highest BCUT2D eigenvalue weighted by Crippen LogP contribution is 2.07. The lowest BCUT2D eigenvalue weighted by Gasteiger charge is -2.21. The van der Waals surface area contributed by atoms with Gasteiger partial charge < -0.3 is 4.57 Å². The Morgan fingerprint density at radius 2 is 1.87 bits per heavy atom. The molecule has 0 aliphatic rings. The van der Waals surface area contributed by atoms with E-state index in [4.69, 9.17) is 5.26 Å². The first kappa shape index (κ1) is 11.2. The SMILES string of the molecule is Cn1cc(C#N)c(=O)n(C(C)(C)C)c1=O. The summed E-state index contributed by atoms with van der Waals surface area (Å²) in [6, 6.07) is 1.78. The minimum atomic E-state index is -0.626. The van der Waals surface area contributed by atoms with E-state index in [1.165, 1.54) is 17.8 Å². The summed E-state index contributed by atoms with van der Waals surface area (Å²) in [4.78, 5) is 23.5. The van der Waals surface area contributed by atoms with E-state index in [1.807, 2.05) is 0 Å². The summed E-state index contributed by atoms with van der Waals surface area (Å²) in [5.74, 6) is 0. The molecule has 0 saturated carbocycles. The molecular formula is C10H13N3O2. The van der Waals surface area contributed by atoms with Crippen molar-refractivity contribution in [3.63, 3.8) is 0 Å². The molecule has 0 radical (unpaired) electrons. The zero-order valence-electron chi connectivity index (χ0n) is 9.24.